The van der Waals surface area contributed by atoms with E-state index in [2.05, 4.69) is 23.5 Å². The summed E-state index contributed by atoms with van der Waals surface area (Å²) in [7, 11) is 0. The van der Waals surface area contributed by atoms with Crippen LogP contribution in [0.25, 0.3) is 0 Å². The second-order valence-corrected chi connectivity index (χ2v) is 8.89. The second kappa shape index (κ2) is 8.19. The van der Waals surface area contributed by atoms with Gasteiger partial charge < -0.3 is 5.32 Å². The number of carbonyl (C=O) groups excluding carboxylic acids is 2. The van der Waals surface area contributed by atoms with Crippen molar-refractivity contribution < 1.29 is 14.0 Å². The number of hydrogen-bond acceptors (Lipinski definition) is 3. The van der Waals surface area contributed by atoms with Gasteiger partial charge in [0, 0.05) is 16.9 Å². The number of nitrogens with zero attached hydrogens (tertiary/aromatic N) is 1. The van der Waals surface area contributed by atoms with E-state index in [1.807, 2.05) is 29.2 Å². The van der Waals surface area contributed by atoms with E-state index < -0.39 is 5.82 Å². The third-order valence-electron chi connectivity index (χ3n) is 5.77. The Morgan fingerprint density at radius 3 is 2.61 bits per heavy atom. The molecule has 0 radical (unpaired) electrons. The number of anilines is 2. The molecule has 0 unspecified atom stereocenters. The third-order valence-corrected chi connectivity index (χ3v) is 6.98. The molecule has 3 aromatic carbocycles. The summed E-state index contributed by atoms with van der Waals surface area (Å²) in [6.45, 7) is 0. The lowest BCUT2D eigenvalue weighted by Crippen LogP contribution is -2.27. The van der Waals surface area contributed by atoms with E-state index in [1.54, 1.807) is 17.8 Å². The van der Waals surface area contributed by atoms with E-state index in [9.17, 15) is 14.0 Å². The molecule has 1 heterocycles. The highest BCUT2D eigenvalue weighted by molar-refractivity contribution is 8.00. The number of benzene rings is 3. The van der Waals surface area contributed by atoms with Gasteiger partial charge in [-0.25, -0.2) is 4.39 Å². The first-order valence-corrected chi connectivity index (χ1v) is 11.4. The number of halogens is 1. The maximum atomic E-state index is 13.4. The third kappa shape index (κ3) is 3.95. The van der Waals surface area contributed by atoms with Crippen LogP contribution in [0.15, 0.2) is 66.7 Å². The number of hydrogen-bond donors (Lipinski definition) is 1. The molecule has 5 rings (SSSR count). The minimum atomic E-state index is -0.447. The SMILES string of the molecule is O=C(Nc1ccc([C@@H]2SCC(=O)N2c2ccc3c(c2)CCC3)cc1)c1cccc(F)c1. The average molecular weight is 433 g/mol. The molecule has 1 fully saturated rings. The maximum absolute atomic E-state index is 13.4. The smallest absolute Gasteiger partial charge is 0.255 e. The minimum Gasteiger partial charge on any atom is -0.322 e. The molecule has 1 saturated heterocycles. The Bertz CT molecular complexity index is 1160. The lowest BCUT2D eigenvalue weighted by atomic mass is 10.1. The van der Waals surface area contributed by atoms with E-state index in [4.69, 9.17) is 0 Å². The first-order chi connectivity index (χ1) is 15.1. The molecular formula is C25H21FN2O2S. The number of aryl methyl sites for hydroxylation is 2. The average Bonchev–Trinajstić information content (AvgIpc) is 3.40. The van der Waals surface area contributed by atoms with Crippen molar-refractivity contribution in [1.82, 2.24) is 0 Å². The Morgan fingerprint density at radius 2 is 1.81 bits per heavy atom. The van der Waals surface area contributed by atoms with Crippen LogP contribution in [0.5, 0.6) is 0 Å². The van der Waals surface area contributed by atoms with E-state index in [0.29, 0.717) is 11.4 Å². The summed E-state index contributed by atoms with van der Waals surface area (Å²) < 4.78 is 13.4. The molecule has 2 aliphatic rings. The van der Waals surface area contributed by atoms with Gasteiger partial charge in [0.2, 0.25) is 5.91 Å². The first kappa shape index (κ1) is 19.8. The number of carbonyl (C=O) groups is 2. The van der Waals surface area contributed by atoms with Gasteiger partial charge in [0.05, 0.1) is 5.75 Å². The number of nitrogens with one attached hydrogen (secondary N) is 1. The van der Waals surface area contributed by atoms with Crippen LogP contribution < -0.4 is 10.2 Å². The van der Waals surface area contributed by atoms with Gasteiger partial charge >= 0.3 is 0 Å². The standard InChI is InChI=1S/C25H21FN2O2S/c26-20-6-2-5-19(13-20)24(30)27-21-10-7-17(8-11-21)25-28(23(29)15-31-25)22-12-9-16-3-1-4-18(16)14-22/h2,5-14,25H,1,3-4,15H2,(H,27,30)/t25-/m0/s1. The van der Waals surface area contributed by atoms with Crippen molar-refractivity contribution in [1.29, 1.82) is 0 Å². The molecule has 0 saturated carbocycles. The quantitative estimate of drug-likeness (QED) is 0.605. The zero-order valence-electron chi connectivity index (χ0n) is 16.8. The normalized spacial score (nSPS) is 17.6. The molecule has 3 aromatic rings. The Kier molecular flexibility index (Phi) is 5.24. The van der Waals surface area contributed by atoms with Gasteiger partial charge in [-0.05, 0) is 78.4 Å². The first-order valence-electron chi connectivity index (χ1n) is 10.3. The topological polar surface area (TPSA) is 49.4 Å². The Morgan fingerprint density at radius 1 is 1.00 bits per heavy atom. The lowest BCUT2D eigenvalue weighted by Gasteiger charge is -2.25. The van der Waals surface area contributed by atoms with Crippen LogP contribution >= 0.6 is 11.8 Å². The van der Waals surface area contributed by atoms with Crippen molar-refractivity contribution in [3.63, 3.8) is 0 Å². The van der Waals surface area contributed by atoms with Crippen LogP contribution in [0.2, 0.25) is 0 Å². The molecule has 31 heavy (non-hydrogen) atoms. The molecule has 6 heteroatoms. The molecule has 156 valence electrons. The van der Waals surface area contributed by atoms with Crippen LogP contribution in [0, 0.1) is 5.82 Å². The summed E-state index contributed by atoms with van der Waals surface area (Å²) in [6.07, 6.45) is 3.36. The Hall–Kier alpha value is -3.12. The summed E-state index contributed by atoms with van der Waals surface area (Å²) in [5.41, 5.74) is 5.57. The Balaban J connectivity index is 1.35. The van der Waals surface area contributed by atoms with E-state index >= 15 is 0 Å². The zero-order chi connectivity index (χ0) is 21.4. The summed E-state index contributed by atoms with van der Waals surface area (Å²) in [4.78, 5) is 26.9. The maximum Gasteiger partial charge on any atom is 0.255 e. The van der Waals surface area contributed by atoms with Crippen LogP contribution in [0.3, 0.4) is 0 Å². The molecule has 1 N–H and O–H groups in total. The van der Waals surface area contributed by atoms with Crippen LogP contribution in [-0.4, -0.2) is 17.6 Å². The zero-order valence-corrected chi connectivity index (χ0v) is 17.6. The highest BCUT2D eigenvalue weighted by Crippen LogP contribution is 2.42. The van der Waals surface area contributed by atoms with Crippen molar-refractivity contribution in [2.45, 2.75) is 24.6 Å². The number of thioether (sulfide) groups is 1. The van der Waals surface area contributed by atoms with Gasteiger partial charge in [-0.3, -0.25) is 14.5 Å². The van der Waals surface area contributed by atoms with Crippen molar-refractivity contribution in [2.24, 2.45) is 0 Å². The van der Waals surface area contributed by atoms with Gasteiger partial charge in [-0.15, -0.1) is 11.8 Å². The molecule has 1 atom stereocenters. The predicted molar refractivity (Wildman–Crippen MR) is 122 cm³/mol. The van der Waals surface area contributed by atoms with Crippen molar-refractivity contribution >= 4 is 35.0 Å². The van der Waals surface area contributed by atoms with Gasteiger partial charge in [0.15, 0.2) is 0 Å². The number of rotatable bonds is 4. The fourth-order valence-corrected chi connectivity index (χ4v) is 5.40. The Labute approximate surface area is 184 Å². The fourth-order valence-electron chi connectivity index (χ4n) is 4.22. The van der Waals surface area contributed by atoms with Gasteiger partial charge in [-0.1, -0.05) is 24.3 Å². The van der Waals surface area contributed by atoms with Gasteiger partial charge in [-0.2, -0.15) is 0 Å². The molecule has 1 aliphatic carbocycles. The van der Waals surface area contributed by atoms with Crippen LogP contribution in [-0.2, 0) is 17.6 Å². The minimum absolute atomic E-state index is 0.0973. The van der Waals surface area contributed by atoms with Crippen LogP contribution in [0.1, 0.15) is 38.8 Å². The summed E-state index contributed by atoms with van der Waals surface area (Å²) in [5, 5.41) is 2.69. The second-order valence-electron chi connectivity index (χ2n) is 7.82. The lowest BCUT2D eigenvalue weighted by molar-refractivity contribution is -0.115. The van der Waals surface area contributed by atoms with Gasteiger partial charge in [0.25, 0.3) is 5.91 Å². The highest BCUT2D eigenvalue weighted by Gasteiger charge is 2.34. The molecule has 0 bridgehead atoms. The molecule has 2 amide bonds. The molecule has 4 nitrogen and oxygen atoms in total. The van der Waals surface area contributed by atoms with Crippen LogP contribution in [0.4, 0.5) is 15.8 Å². The van der Waals surface area contributed by atoms with Crippen molar-refractivity contribution in [3.8, 4) is 0 Å². The number of amides is 2. The van der Waals surface area contributed by atoms with E-state index in [1.165, 1.54) is 35.7 Å². The van der Waals surface area contributed by atoms with Crippen molar-refractivity contribution in [3.05, 3.63) is 94.8 Å². The molecule has 0 aromatic heterocycles. The fraction of sp³-hybridized carbons (Fsp3) is 0.200. The van der Waals surface area contributed by atoms with Gasteiger partial charge in [0.1, 0.15) is 11.2 Å². The summed E-state index contributed by atoms with van der Waals surface area (Å²) in [5.74, 6) is -0.258. The highest BCUT2D eigenvalue weighted by atomic mass is 32.2. The van der Waals surface area contributed by atoms with E-state index in [-0.39, 0.29) is 22.8 Å². The predicted octanol–water partition coefficient (Wildman–Crippen LogP) is 5.35. The largest absolute Gasteiger partial charge is 0.322 e. The monoisotopic (exact) mass is 432 g/mol. The number of fused-ring (bicyclic) bond motifs is 1. The summed E-state index contributed by atoms with van der Waals surface area (Å²) >= 11 is 1.61. The molecule has 1 aliphatic heterocycles. The van der Waals surface area contributed by atoms with E-state index in [0.717, 1.165) is 24.1 Å². The molecule has 0 spiro atoms. The van der Waals surface area contributed by atoms with Crippen molar-refractivity contribution in [2.75, 3.05) is 16.0 Å². The summed E-state index contributed by atoms with van der Waals surface area (Å²) in [6, 6.07) is 19.4. The molecular weight excluding hydrogens is 411 g/mol.